The van der Waals surface area contributed by atoms with Gasteiger partial charge >= 0.3 is 0 Å². The second-order valence-electron chi connectivity index (χ2n) is 3.68. The molecule has 0 unspecified atom stereocenters. The van der Waals surface area contributed by atoms with Crippen molar-refractivity contribution in [1.82, 2.24) is 5.48 Å². The van der Waals surface area contributed by atoms with Crippen molar-refractivity contribution < 1.29 is 9.63 Å². The number of nitrogens with one attached hydrogen (secondary N) is 1. The molecular weight excluding hydrogens is 202 g/mol. The quantitative estimate of drug-likeness (QED) is 0.592. The van der Waals surface area contributed by atoms with Crippen LogP contribution in [0.3, 0.4) is 0 Å². The number of hydrogen-bond acceptors (Lipinski definition) is 2. The number of carbonyl (C=O) groups excluding carboxylic acids is 1. The third kappa shape index (κ3) is 4.03. The van der Waals surface area contributed by atoms with Gasteiger partial charge in [-0.3, -0.25) is 9.63 Å². The Morgan fingerprint density at radius 2 is 1.94 bits per heavy atom. The molecule has 0 heterocycles. The molecule has 1 amide bonds. The van der Waals surface area contributed by atoms with Gasteiger partial charge in [0.05, 0.1) is 6.61 Å². The van der Waals surface area contributed by atoms with Gasteiger partial charge in [-0.1, -0.05) is 32.4 Å². The first-order chi connectivity index (χ1) is 7.77. The number of benzene rings is 1. The van der Waals surface area contributed by atoms with Crippen LogP contribution in [-0.4, -0.2) is 12.5 Å². The highest BCUT2D eigenvalue weighted by atomic mass is 16.6. The molecule has 1 aromatic rings. The maximum absolute atomic E-state index is 11.6. The van der Waals surface area contributed by atoms with E-state index in [0.717, 1.165) is 19.3 Å². The van der Waals surface area contributed by atoms with E-state index in [0.29, 0.717) is 12.2 Å². The zero-order valence-corrected chi connectivity index (χ0v) is 9.95. The van der Waals surface area contributed by atoms with Crippen LogP contribution in [0.2, 0.25) is 0 Å². The lowest BCUT2D eigenvalue weighted by Crippen LogP contribution is -2.24. The second kappa shape index (κ2) is 7.01. The number of hydroxylamine groups is 1. The standard InChI is InChI=1S/C13H19NO2/c1-3-5-10-16-14-13(15)12-8-6-11(4-2)7-9-12/h6-9H,3-5,10H2,1-2H3,(H,14,15). The van der Waals surface area contributed by atoms with Gasteiger partial charge in [-0.25, -0.2) is 5.48 Å². The fraction of sp³-hybridized carbons (Fsp3) is 0.462. The summed E-state index contributed by atoms with van der Waals surface area (Å²) in [4.78, 5) is 16.6. The lowest BCUT2D eigenvalue weighted by atomic mass is 10.1. The van der Waals surface area contributed by atoms with Crippen LogP contribution >= 0.6 is 0 Å². The van der Waals surface area contributed by atoms with Crippen molar-refractivity contribution in [2.24, 2.45) is 0 Å². The number of rotatable bonds is 6. The summed E-state index contributed by atoms with van der Waals surface area (Å²) in [5, 5.41) is 0. The molecule has 0 aromatic heterocycles. The van der Waals surface area contributed by atoms with E-state index in [1.54, 1.807) is 0 Å². The average molecular weight is 221 g/mol. The topological polar surface area (TPSA) is 38.3 Å². The Hall–Kier alpha value is -1.35. The minimum Gasteiger partial charge on any atom is -0.273 e. The maximum atomic E-state index is 11.6. The molecule has 0 spiro atoms. The third-order valence-corrected chi connectivity index (χ3v) is 2.39. The van der Waals surface area contributed by atoms with Gasteiger partial charge in [0.25, 0.3) is 5.91 Å². The van der Waals surface area contributed by atoms with Crippen molar-refractivity contribution in [2.75, 3.05) is 6.61 Å². The normalized spacial score (nSPS) is 10.1. The molecule has 0 bridgehead atoms. The molecule has 0 atom stereocenters. The molecule has 0 aliphatic carbocycles. The molecule has 0 saturated carbocycles. The third-order valence-electron chi connectivity index (χ3n) is 2.39. The maximum Gasteiger partial charge on any atom is 0.274 e. The van der Waals surface area contributed by atoms with Gasteiger partial charge in [-0.05, 0) is 30.5 Å². The van der Waals surface area contributed by atoms with Crippen LogP contribution in [-0.2, 0) is 11.3 Å². The largest absolute Gasteiger partial charge is 0.274 e. The van der Waals surface area contributed by atoms with E-state index in [4.69, 9.17) is 4.84 Å². The molecule has 1 rings (SSSR count). The van der Waals surface area contributed by atoms with E-state index in [2.05, 4.69) is 19.3 Å². The Kier molecular flexibility index (Phi) is 5.57. The molecule has 0 aliphatic heterocycles. The van der Waals surface area contributed by atoms with Crippen molar-refractivity contribution in [3.63, 3.8) is 0 Å². The first kappa shape index (κ1) is 12.7. The first-order valence-electron chi connectivity index (χ1n) is 5.79. The highest BCUT2D eigenvalue weighted by molar-refractivity contribution is 5.93. The Morgan fingerprint density at radius 3 is 2.50 bits per heavy atom. The molecular formula is C13H19NO2. The zero-order chi connectivity index (χ0) is 11.8. The van der Waals surface area contributed by atoms with Crippen LogP contribution in [0.15, 0.2) is 24.3 Å². The summed E-state index contributed by atoms with van der Waals surface area (Å²) in [5.74, 6) is -0.182. The van der Waals surface area contributed by atoms with E-state index in [1.165, 1.54) is 5.56 Å². The van der Waals surface area contributed by atoms with Crippen LogP contribution in [0.25, 0.3) is 0 Å². The highest BCUT2D eigenvalue weighted by Crippen LogP contribution is 2.04. The molecule has 1 aromatic carbocycles. The zero-order valence-electron chi connectivity index (χ0n) is 9.95. The minimum absolute atomic E-state index is 0.182. The summed E-state index contributed by atoms with van der Waals surface area (Å²) < 4.78 is 0. The van der Waals surface area contributed by atoms with E-state index < -0.39 is 0 Å². The SMILES string of the molecule is CCCCONC(=O)c1ccc(CC)cc1. The van der Waals surface area contributed by atoms with Crippen molar-refractivity contribution in [1.29, 1.82) is 0 Å². The number of aryl methyl sites for hydroxylation is 1. The van der Waals surface area contributed by atoms with Gasteiger partial charge in [0.1, 0.15) is 0 Å². The van der Waals surface area contributed by atoms with E-state index in [9.17, 15) is 4.79 Å². The molecule has 88 valence electrons. The Morgan fingerprint density at radius 1 is 1.25 bits per heavy atom. The summed E-state index contributed by atoms with van der Waals surface area (Å²) >= 11 is 0. The summed E-state index contributed by atoms with van der Waals surface area (Å²) in [6.07, 6.45) is 2.99. The molecule has 0 saturated heterocycles. The monoisotopic (exact) mass is 221 g/mol. The van der Waals surface area contributed by atoms with Crippen LogP contribution in [0.4, 0.5) is 0 Å². The molecule has 0 fully saturated rings. The fourth-order valence-electron chi connectivity index (χ4n) is 1.28. The highest BCUT2D eigenvalue weighted by Gasteiger charge is 2.04. The molecule has 1 N–H and O–H groups in total. The van der Waals surface area contributed by atoms with Crippen LogP contribution in [0, 0.1) is 0 Å². The van der Waals surface area contributed by atoms with Crippen molar-refractivity contribution in [2.45, 2.75) is 33.1 Å². The molecule has 0 aliphatic rings. The molecule has 3 heteroatoms. The summed E-state index contributed by atoms with van der Waals surface area (Å²) in [5.41, 5.74) is 4.29. The predicted molar refractivity (Wildman–Crippen MR) is 64.1 cm³/mol. The predicted octanol–water partition coefficient (Wildman–Crippen LogP) is 2.71. The summed E-state index contributed by atoms with van der Waals surface area (Å²) in [7, 11) is 0. The van der Waals surface area contributed by atoms with Crippen LogP contribution < -0.4 is 5.48 Å². The smallest absolute Gasteiger partial charge is 0.273 e. The van der Waals surface area contributed by atoms with Gasteiger partial charge in [0.2, 0.25) is 0 Å². The molecule has 3 nitrogen and oxygen atoms in total. The van der Waals surface area contributed by atoms with Crippen molar-refractivity contribution in [3.05, 3.63) is 35.4 Å². The van der Waals surface area contributed by atoms with E-state index in [1.807, 2.05) is 24.3 Å². The minimum atomic E-state index is -0.182. The molecule has 16 heavy (non-hydrogen) atoms. The van der Waals surface area contributed by atoms with Crippen molar-refractivity contribution >= 4 is 5.91 Å². The van der Waals surface area contributed by atoms with Gasteiger partial charge in [0, 0.05) is 5.56 Å². The van der Waals surface area contributed by atoms with Crippen LogP contribution in [0.1, 0.15) is 42.6 Å². The van der Waals surface area contributed by atoms with E-state index in [-0.39, 0.29) is 5.91 Å². The number of carbonyl (C=O) groups is 1. The number of unbranched alkanes of at least 4 members (excludes halogenated alkanes) is 1. The second-order valence-corrected chi connectivity index (χ2v) is 3.68. The van der Waals surface area contributed by atoms with Gasteiger partial charge in [-0.15, -0.1) is 0 Å². The lowest BCUT2D eigenvalue weighted by Gasteiger charge is -2.05. The van der Waals surface area contributed by atoms with Crippen molar-refractivity contribution in [3.8, 4) is 0 Å². The fourth-order valence-corrected chi connectivity index (χ4v) is 1.28. The van der Waals surface area contributed by atoms with Gasteiger partial charge < -0.3 is 0 Å². The van der Waals surface area contributed by atoms with Gasteiger partial charge in [-0.2, -0.15) is 0 Å². The summed E-state index contributed by atoms with van der Waals surface area (Å²) in [6, 6.07) is 7.55. The van der Waals surface area contributed by atoms with Gasteiger partial charge in [0.15, 0.2) is 0 Å². The Labute approximate surface area is 96.8 Å². The Bertz CT molecular complexity index is 319. The number of amides is 1. The first-order valence-corrected chi connectivity index (χ1v) is 5.79. The van der Waals surface area contributed by atoms with E-state index >= 15 is 0 Å². The lowest BCUT2D eigenvalue weighted by molar-refractivity contribution is 0.0302. The Balaban J connectivity index is 2.40. The van der Waals surface area contributed by atoms with Crippen LogP contribution in [0.5, 0.6) is 0 Å². The summed E-state index contributed by atoms with van der Waals surface area (Å²) in [6.45, 7) is 4.73. The number of hydrogen-bond donors (Lipinski definition) is 1. The average Bonchev–Trinajstić information content (AvgIpc) is 2.34. The molecule has 0 radical (unpaired) electrons.